The number of nitrogens with zero attached hydrogens (tertiary/aromatic N) is 3. The predicted octanol–water partition coefficient (Wildman–Crippen LogP) is 1.60. The average molecular weight is 190 g/mol. The van der Waals surface area contributed by atoms with Crippen molar-refractivity contribution in [2.24, 2.45) is 0 Å². The van der Waals surface area contributed by atoms with Crippen molar-refractivity contribution < 1.29 is 0 Å². The fraction of sp³-hybridized carbons (Fsp3) is 0.700. The normalized spacial score (nSPS) is 22.0. The van der Waals surface area contributed by atoms with Crippen LogP contribution >= 0.6 is 0 Å². The molecule has 1 aromatic rings. The molecule has 2 aliphatic rings. The molecule has 2 saturated carbocycles. The van der Waals surface area contributed by atoms with E-state index in [1.807, 2.05) is 0 Å². The first-order valence-corrected chi connectivity index (χ1v) is 5.34. The van der Waals surface area contributed by atoms with Crippen molar-refractivity contribution in [1.82, 2.24) is 15.0 Å². The lowest BCUT2D eigenvalue weighted by Crippen LogP contribution is -2.15. The maximum atomic E-state index is 5.68. The van der Waals surface area contributed by atoms with Gasteiger partial charge in [0.25, 0.3) is 0 Å². The third-order valence-corrected chi connectivity index (χ3v) is 3.10. The van der Waals surface area contributed by atoms with Crippen LogP contribution in [0.25, 0.3) is 0 Å². The van der Waals surface area contributed by atoms with Crippen molar-refractivity contribution in [3.8, 4) is 0 Å². The van der Waals surface area contributed by atoms with Crippen LogP contribution in [0.1, 0.15) is 55.6 Å². The number of nitrogen functional groups attached to an aromatic ring is 1. The lowest BCUT2D eigenvalue weighted by Gasteiger charge is -2.23. The molecule has 0 saturated heterocycles. The minimum atomic E-state index is 0.406. The van der Waals surface area contributed by atoms with Gasteiger partial charge < -0.3 is 5.73 Å². The Hall–Kier alpha value is -1.19. The van der Waals surface area contributed by atoms with E-state index in [9.17, 15) is 0 Å². The zero-order valence-corrected chi connectivity index (χ0v) is 8.11. The first-order valence-electron chi connectivity index (χ1n) is 5.34. The van der Waals surface area contributed by atoms with E-state index in [0.29, 0.717) is 17.8 Å². The second-order valence-corrected chi connectivity index (χ2v) is 4.31. The van der Waals surface area contributed by atoms with Crippen LogP contribution in [0.4, 0.5) is 5.95 Å². The van der Waals surface area contributed by atoms with Gasteiger partial charge in [0.15, 0.2) is 0 Å². The zero-order valence-electron chi connectivity index (χ0n) is 8.11. The Morgan fingerprint density at radius 2 is 1.43 bits per heavy atom. The van der Waals surface area contributed by atoms with Crippen LogP contribution in [0.5, 0.6) is 0 Å². The summed E-state index contributed by atoms with van der Waals surface area (Å²) in [7, 11) is 0. The molecule has 4 heteroatoms. The maximum absolute atomic E-state index is 5.68. The van der Waals surface area contributed by atoms with Gasteiger partial charge in [-0.1, -0.05) is 6.42 Å². The summed E-state index contributed by atoms with van der Waals surface area (Å²) in [6, 6.07) is 0. The number of nitrogens with two attached hydrogens (primary N) is 1. The fourth-order valence-corrected chi connectivity index (χ4v) is 1.80. The van der Waals surface area contributed by atoms with Crippen LogP contribution in [0.15, 0.2) is 0 Å². The van der Waals surface area contributed by atoms with Crippen LogP contribution in [-0.2, 0) is 0 Å². The molecular formula is C10H14N4. The molecule has 0 amide bonds. The van der Waals surface area contributed by atoms with Gasteiger partial charge in [0.05, 0.1) is 0 Å². The number of hydrogen-bond acceptors (Lipinski definition) is 4. The molecule has 14 heavy (non-hydrogen) atoms. The molecule has 1 aromatic heterocycles. The van der Waals surface area contributed by atoms with Crippen LogP contribution in [0.3, 0.4) is 0 Å². The molecule has 0 radical (unpaired) electrons. The standard InChI is InChI=1S/C10H14N4/c11-10-13-8(6-2-1-3-6)12-9(14-10)7-4-5-7/h6-7H,1-5H2,(H2,11,12,13,14). The molecule has 0 spiro atoms. The predicted molar refractivity (Wildman–Crippen MR) is 52.8 cm³/mol. The molecular weight excluding hydrogens is 176 g/mol. The Morgan fingerprint density at radius 3 is 1.86 bits per heavy atom. The first-order chi connectivity index (χ1) is 6.83. The van der Waals surface area contributed by atoms with Gasteiger partial charge in [-0.05, 0) is 25.7 Å². The van der Waals surface area contributed by atoms with Gasteiger partial charge in [0.1, 0.15) is 11.6 Å². The summed E-state index contributed by atoms with van der Waals surface area (Å²) in [4.78, 5) is 12.9. The van der Waals surface area contributed by atoms with E-state index in [1.165, 1.54) is 32.1 Å². The van der Waals surface area contributed by atoms with Gasteiger partial charge >= 0.3 is 0 Å². The Morgan fingerprint density at radius 1 is 0.857 bits per heavy atom. The molecule has 4 nitrogen and oxygen atoms in total. The highest BCUT2D eigenvalue weighted by Gasteiger charge is 2.29. The van der Waals surface area contributed by atoms with E-state index in [0.717, 1.165) is 11.6 Å². The maximum Gasteiger partial charge on any atom is 0.223 e. The van der Waals surface area contributed by atoms with Crippen molar-refractivity contribution in [3.05, 3.63) is 11.6 Å². The number of aromatic nitrogens is 3. The number of rotatable bonds is 2. The summed E-state index contributed by atoms with van der Waals surface area (Å²) < 4.78 is 0. The molecule has 0 bridgehead atoms. The van der Waals surface area contributed by atoms with Gasteiger partial charge in [-0.25, -0.2) is 4.98 Å². The van der Waals surface area contributed by atoms with Crippen molar-refractivity contribution in [3.63, 3.8) is 0 Å². The molecule has 0 unspecified atom stereocenters. The van der Waals surface area contributed by atoms with Crippen LogP contribution in [-0.4, -0.2) is 15.0 Å². The Balaban J connectivity index is 1.93. The van der Waals surface area contributed by atoms with Crippen LogP contribution in [0.2, 0.25) is 0 Å². The lowest BCUT2D eigenvalue weighted by molar-refractivity contribution is 0.399. The summed E-state index contributed by atoms with van der Waals surface area (Å²) in [6.45, 7) is 0. The van der Waals surface area contributed by atoms with E-state index < -0.39 is 0 Å². The van der Waals surface area contributed by atoms with E-state index in [4.69, 9.17) is 5.73 Å². The monoisotopic (exact) mass is 190 g/mol. The number of hydrogen-bond donors (Lipinski definition) is 1. The smallest absolute Gasteiger partial charge is 0.223 e. The molecule has 1 heterocycles. The van der Waals surface area contributed by atoms with E-state index >= 15 is 0 Å². The van der Waals surface area contributed by atoms with Gasteiger partial charge in [0.2, 0.25) is 5.95 Å². The highest BCUT2D eigenvalue weighted by atomic mass is 15.1. The van der Waals surface area contributed by atoms with E-state index in [-0.39, 0.29) is 0 Å². The summed E-state index contributed by atoms with van der Waals surface area (Å²) in [5, 5.41) is 0. The zero-order chi connectivity index (χ0) is 9.54. The molecule has 2 aliphatic carbocycles. The largest absolute Gasteiger partial charge is 0.368 e. The second-order valence-electron chi connectivity index (χ2n) is 4.31. The van der Waals surface area contributed by atoms with Gasteiger partial charge in [-0.3, -0.25) is 0 Å². The Labute approximate surface area is 83.0 Å². The molecule has 0 aliphatic heterocycles. The van der Waals surface area contributed by atoms with Crippen molar-refractivity contribution in [1.29, 1.82) is 0 Å². The molecule has 74 valence electrons. The van der Waals surface area contributed by atoms with Crippen molar-refractivity contribution in [2.45, 2.75) is 43.9 Å². The van der Waals surface area contributed by atoms with Crippen LogP contribution in [0, 0.1) is 0 Å². The number of anilines is 1. The minimum absolute atomic E-state index is 0.406. The molecule has 3 rings (SSSR count). The van der Waals surface area contributed by atoms with Gasteiger partial charge in [-0.15, -0.1) is 0 Å². The fourth-order valence-electron chi connectivity index (χ4n) is 1.80. The highest BCUT2D eigenvalue weighted by molar-refractivity contribution is 5.21. The third-order valence-electron chi connectivity index (χ3n) is 3.10. The van der Waals surface area contributed by atoms with Gasteiger partial charge in [0, 0.05) is 11.8 Å². The first kappa shape index (κ1) is 8.15. The average Bonchev–Trinajstić information content (AvgIpc) is 2.80. The van der Waals surface area contributed by atoms with Crippen molar-refractivity contribution in [2.75, 3.05) is 5.73 Å². The summed E-state index contributed by atoms with van der Waals surface area (Å²) in [6.07, 6.45) is 6.16. The quantitative estimate of drug-likeness (QED) is 0.769. The molecule has 0 atom stereocenters. The molecule has 2 N–H and O–H groups in total. The lowest BCUT2D eigenvalue weighted by atomic mass is 9.85. The van der Waals surface area contributed by atoms with Crippen molar-refractivity contribution >= 4 is 5.95 Å². The van der Waals surface area contributed by atoms with Crippen LogP contribution < -0.4 is 5.73 Å². The summed E-state index contributed by atoms with van der Waals surface area (Å²) in [5.41, 5.74) is 5.68. The Kier molecular flexibility index (Phi) is 1.69. The van der Waals surface area contributed by atoms with E-state index in [1.54, 1.807) is 0 Å². The molecule has 0 aromatic carbocycles. The summed E-state index contributed by atoms with van der Waals surface area (Å²) in [5.74, 6) is 3.39. The Bertz CT molecular complexity index is 355. The summed E-state index contributed by atoms with van der Waals surface area (Å²) >= 11 is 0. The minimum Gasteiger partial charge on any atom is -0.368 e. The SMILES string of the molecule is Nc1nc(C2CCC2)nc(C2CC2)n1. The molecule has 2 fully saturated rings. The highest BCUT2D eigenvalue weighted by Crippen LogP contribution is 2.40. The second kappa shape index (κ2) is 2.90. The van der Waals surface area contributed by atoms with E-state index in [2.05, 4.69) is 15.0 Å². The third kappa shape index (κ3) is 1.35. The topological polar surface area (TPSA) is 64.7 Å². The van der Waals surface area contributed by atoms with Gasteiger partial charge in [-0.2, -0.15) is 9.97 Å².